The molecule has 1 aromatic heterocycles. The molecule has 1 N–H and O–H groups in total. The number of oxazole rings is 1. The number of aryl methyl sites for hydroxylation is 2. The topological polar surface area (TPSA) is 63.3 Å². The second-order valence-electron chi connectivity index (χ2n) is 4.07. The van der Waals surface area contributed by atoms with Crippen LogP contribution in [0.3, 0.4) is 0 Å². The SMILES string of the molecule is O=C(O)c1oc(CCc2ccccc2)nc1C(F)(F)F. The van der Waals surface area contributed by atoms with E-state index in [4.69, 9.17) is 9.52 Å². The van der Waals surface area contributed by atoms with Crippen LogP contribution in [0.1, 0.15) is 27.7 Å². The first-order chi connectivity index (χ1) is 9.38. The molecule has 0 radical (unpaired) electrons. The number of carbonyl (C=O) groups is 1. The predicted octanol–water partition coefficient (Wildman–Crippen LogP) is 3.18. The molecular formula is C13H10F3NO3. The Morgan fingerprint density at radius 3 is 2.35 bits per heavy atom. The van der Waals surface area contributed by atoms with Crippen LogP contribution in [0.15, 0.2) is 34.7 Å². The van der Waals surface area contributed by atoms with E-state index in [1.165, 1.54) is 0 Å². The minimum absolute atomic E-state index is 0.0976. The second-order valence-corrected chi connectivity index (χ2v) is 4.07. The van der Waals surface area contributed by atoms with Gasteiger partial charge in [0.05, 0.1) is 0 Å². The van der Waals surface area contributed by atoms with E-state index in [1.807, 2.05) is 18.2 Å². The van der Waals surface area contributed by atoms with Crippen LogP contribution >= 0.6 is 0 Å². The second kappa shape index (κ2) is 5.36. The highest BCUT2D eigenvalue weighted by molar-refractivity contribution is 5.85. The van der Waals surface area contributed by atoms with E-state index in [0.717, 1.165) is 5.56 Å². The molecular weight excluding hydrogens is 275 g/mol. The van der Waals surface area contributed by atoms with E-state index >= 15 is 0 Å². The summed E-state index contributed by atoms with van der Waals surface area (Å²) < 4.78 is 42.5. The molecule has 0 unspecified atom stereocenters. The molecule has 0 saturated carbocycles. The highest BCUT2D eigenvalue weighted by Gasteiger charge is 2.41. The Kier molecular flexibility index (Phi) is 3.78. The van der Waals surface area contributed by atoms with Gasteiger partial charge >= 0.3 is 12.1 Å². The van der Waals surface area contributed by atoms with Crippen molar-refractivity contribution in [2.75, 3.05) is 0 Å². The van der Waals surface area contributed by atoms with Crippen LogP contribution in [-0.4, -0.2) is 16.1 Å². The Balaban J connectivity index is 2.19. The van der Waals surface area contributed by atoms with E-state index in [0.29, 0.717) is 6.42 Å². The molecule has 0 saturated heterocycles. The van der Waals surface area contributed by atoms with Crippen molar-refractivity contribution in [2.24, 2.45) is 0 Å². The van der Waals surface area contributed by atoms with E-state index in [2.05, 4.69) is 4.98 Å². The Bertz CT molecular complexity index is 605. The summed E-state index contributed by atoms with van der Waals surface area (Å²) in [5.41, 5.74) is -0.593. The van der Waals surface area contributed by atoms with Gasteiger partial charge in [-0.15, -0.1) is 0 Å². The van der Waals surface area contributed by atoms with Crippen LogP contribution in [0.25, 0.3) is 0 Å². The first-order valence-electron chi connectivity index (χ1n) is 5.72. The Morgan fingerprint density at radius 2 is 1.85 bits per heavy atom. The lowest BCUT2D eigenvalue weighted by molar-refractivity contribution is -0.141. The van der Waals surface area contributed by atoms with Gasteiger partial charge in [0.1, 0.15) is 0 Å². The van der Waals surface area contributed by atoms with Crippen molar-refractivity contribution in [2.45, 2.75) is 19.0 Å². The fraction of sp³-hybridized carbons (Fsp3) is 0.231. The van der Waals surface area contributed by atoms with Crippen LogP contribution < -0.4 is 0 Å². The average Bonchev–Trinajstić information content (AvgIpc) is 2.82. The van der Waals surface area contributed by atoms with Gasteiger partial charge in [0.15, 0.2) is 11.6 Å². The number of carboxylic acids is 1. The van der Waals surface area contributed by atoms with Crippen LogP contribution in [0.4, 0.5) is 13.2 Å². The van der Waals surface area contributed by atoms with Crippen LogP contribution in [-0.2, 0) is 19.0 Å². The molecule has 0 bridgehead atoms. The van der Waals surface area contributed by atoms with Crippen LogP contribution in [0.2, 0.25) is 0 Å². The summed E-state index contributed by atoms with van der Waals surface area (Å²) in [6.45, 7) is 0. The van der Waals surface area contributed by atoms with Gasteiger partial charge in [-0.25, -0.2) is 9.78 Å². The summed E-state index contributed by atoms with van der Waals surface area (Å²) in [5.74, 6) is -3.19. The zero-order valence-electron chi connectivity index (χ0n) is 10.1. The van der Waals surface area contributed by atoms with Crippen LogP contribution in [0.5, 0.6) is 0 Å². The molecule has 7 heteroatoms. The predicted molar refractivity (Wildman–Crippen MR) is 62.3 cm³/mol. The van der Waals surface area contributed by atoms with Crippen molar-refractivity contribution in [3.8, 4) is 0 Å². The number of aromatic carboxylic acids is 1. The average molecular weight is 285 g/mol. The highest BCUT2D eigenvalue weighted by atomic mass is 19.4. The third kappa shape index (κ3) is 3.17. The lowest BCUT2D eigenvalue weighted by atomic mass is 10.1. The summed E-state index contributed by atoms with van der Waals surface area (Å²) in [5, 5.41) is 8.69. The quantitative estimate of drug-likeness (QED) is 0.937. The van der Waals surface area contributed by atoms with Gasteiger partial charge in [-0.05, 0) is 12.0 Å². The summed E-state index contributed by atoms with van der Waals surface area (Å²) >= 11 is 0. The molecule has 0 aliphatic carbocycles. The molecule has 2 aromatic rings. The third-order valence-electron chi connectivity index (χ3n) is 2.60. The molecule has 0 aliphatic heterocycles. The van der Waals surface area contributed by atoms with Gasteiger partial charge in [-0.1, -0.05) is 30.3 Å². The molecule has 0 aliphatic rings. The molecule has 0 amide bonds. The van der Waals surface area contributed by atoms with Gasteiger partial charge in [0.2, 0.25) is 5.76 Å². The fourth-order valence-electron chi connectivity index (χ4n) is 1.70. The molecule has 1 heterocycles. The lowest BCUT2D eigenvalue weighted by Crippen LogP contribution is -2.11. The summed E-state index contributed by atoms with van der Waals surface area (Å²) in [7, 11) is 0. The minimum Gasteiger partial charge on any atom is -0.475 e. The Morgan fingerprint density at radius 1 is 1.20 bits per heavy atom. The maximum atomic E-state index is 12.6. The van der Waals surface area contributed by atoms with Crippen LogP contribution in [0, 0.1) is 0 Å². The Hall–Kier alpha value is -2.31. The van der Waals surface area contributed by atoms with Crippen molar-refractivity contribution in [3.05, 3.63) is 53.2 Å². The molecule has 2 rings (SSSR count). The van der Waals surface area contributed by atoms with E-state index < -0.39 is 23.6 Å². The van der Waals surface area contributed by atoms with Crippen molar-refractivity contribution in [1.82, 2.24) is 4.98 Å². The van der Waals surface area contributed by atoms with Gasteiger partial charge < -0.3 is 9.52 Å². The summed E-state index contributed by atoms with van der Waals surface area (Å²) in [4.78, 5) is 14.0. The number of nitrogens with zero attached hydrogens (tertiary/aromatic N) is 1. The Labute approximate surface area is 111 Å². The molecule has 0 spiro atoms. The standard InChI is InChI=1S/C13H10F3NO3/c14-13(15,16)11-10(12(18)19)20-9(17-11)7-6-8-4-2-1-3-5-8/h1-5H,6-7H2,(H,18,19). The first kappa shape index (κ1) is 14.1. The number of halogens is 3. The maximum Gasteiger partial charge on any atom is 0.437 e. The normalized spacial score (nSPS) is 11.6. The minimum atomic E-state index is -4.85. The molecule has 20 heavy (non-hydrogen) atoms. The molecule has 106 valence electrons. The third-order valence-corrected chi connectivity index (χ3v) is 2.60. The van der Waals surface area contributed by atoms with Crippen molar-refractivity contribution >= 4 is 5.97 Å². The molecule has 0 fully saturated rings. The monoisotopic (exact) mass is 285 g/mol. The molecule has 0 atom stereocenters. The van der Waals surface area contributed by atoms with Gasteiger partial charge in [0, 0.05) is 6.42 Å². The zero-order valence-corrected chi connectivity index (χ0v) is 10.1. The number of aromatic nitrogens is 1. The van der Waals surface area contributed by atoms with Gasteiger partial charge in [-0.2, -0.15) is 13.2 Å². The fourth-order valence-corrected chi connectivity index (χ4v) is 1.70. The smallest absolute Gasteiger partial charge is 0.437 e. The van der Waals surface area contributed by atoms with E-state index in [9.17, 15) is 18.0 Å². The van der Waals surface area contributed by atoms with E-state index in [1.54, 1.807) is 12.1 Å². The van der Waals surface area contributed by atoms with Crippen molar-refractivity contribution in [1.29, 1.82) is 0 Å². The number of rotatable bonds is 4. The highest BCUT2D eigenvalue weighted by Crippen LogP contribution is 2.32. The van der Waals surface area contributed by atoms with Gasteiger partial charge in [0.25, 0.3) is 0 Å². The number of benzene rings is 1. The zero-order chi connectivity index (χ0) is 14.8. The number of alkyl halides is 3. The number of hydrogen-bond donors (Lipinski definition) is 1. The first-order valence-corrected chi connectivity index (χ1v) is 5.72. The number of hydrogen-bond acceptors (Lipinski definition) is 3. The molecule has 1 aromatic carbocycles. The largest absolute Gasteiger partial charge is 0.475 e. The lowest BCUT2D eigenvalue weighted by Gasteiger charge is -2.00. The summed E-state index contributed by atoms with van der Waals surface area (Å²) in [6.07, 6.45) is -4.33. The summed E-state index contributed by atoms with van der Waals surface area (Å²) in [6, 6.07) is 9.04. The maximum absolute atomic E-state index is 12.6. The number of carboxylic acid groups (broad SMARTS) is 1. The van der Waals surface area contributed by atoms with Crippen molar-refractivity contribution in [3.63, 3.8) is 0 Å². The van der Waals surface area contributed by atoms with Gasteiger partial charge in [-0.3, -0.25) is 0 Å². The molecule has 4 nitrogen and oxygen atoms in total. The van der Waals surface area contributed by atoms with E-state index in [-0.39, 0.29) is 12.3 Å². The van der Waals surface area contributed by atoms with Crippen molar-refractivity contribution < 1.29 is 27.5 Å².